The van der Waals surface area contributed by atoms with Crippen molar-refractivity contribution in [1.82, 2.24) is 15.5 Å². The summed E-state index contributed by atoms with van der Waals surface area (Å²) in [6, 6.07) is 7.65. The van der Waals surface area contributed by atoms with Crippen LogP contribution in [0.15, 0.2) is 30.3 Å². The number of amides is 1. The van der Waals surface area contributed by atoms with Crippen LogP contribution in [0.2, 0.25) is 0 Å². The summed E-state index contributed by atoms with van der Waals surface area (Å²) in [4.78, 5) is 12.1. The second-order valence-electron chi connectivity index (χ2n) is 6.37. The van der Waals surface area contributed by atoms with E-state index in [2.05, 4.69) is 29.4 Å². The van der Waals surface area contributed by atoms with Crippen molar-refractivity contribution in [3.05, 3.63) is 47.5 Å². The molecule has 1 amide bonds. The van der Waals surface area contributed by atoms with E-state index in [4.69, 9.17) is 4.74 Å². The van der Waals surface area contributed by atoms with E-state index in [-0.39, 0.29) is 24.4 Å². The fraction of sp³-hybridized carbons (Fsp3) is 0.444. The zero-order chi connectivity index (χ0) is 17.5. The third-order valence-electron chi connectivity index (χ3n) is 3.61. The van der Waals surface area contributed by atoms with Crippen LogP contribution in [0.3, 0.4) is 0 Å². The summed E-state index contributed by atoms with van der Waals surface area (Å²) in [5.41, 5.74) is 0.975. The lowest BCUT2D eigenvalue weighted by molar-refractivity contribution is 0.0932. The average molecular weight is 333 g/mol. The number of ether oxygens (including phenoxy) is 1. The number of hydrogen-bond donors (Lipinski definition) is 2. The van der Waals surface area contributed by atoms with E-state index in [0.29, 0.717) is 23.1 Å². The van der Waals surface area contributed by atoms with Gasteiger partial charge >= 0.3 is 0 Å². The molecule has 5 nitrogen and oxygen atoms in total. The van der Waals surface area contributed by atoms with E-state index in [1.54, 1.807) is 18.2 Å². The number of benzene rings is 1. The van der Waals surface area contributed by atoms with Crippen LogP contribution in [-0.4, -0.2) is 22.1 Å². The minimum absolute atomic E-state index is 0.101. The molecule has 6 heteroatoms. The molecule has 0 fully saturated rings. The fourth-order valence-corrected chi connectivity index (χ4v) is 2.22. The van der Waals surface area contributed by atoms with Crippen LogP contribution in [0.1, 0.15) is 49.8 Å². The molecule has 2 aromatic rings. The van der Waals surface area contributed by atoms with Crippen LogP contribution in [0, 0.1) is 11.7 Å². The van der Waals surface area contributed by atoms with E-state index in [1.165, 1.54) is 12.1 Å². The van der Waals surface area contributed by atoms with Gasteiger partial charge in [0, 0.05) is 12.1 Å². The van der Waals surface area contributed by atoms with Gasteiger partial charge < -0.3 is 10.1 Å². The Morgan fingerprint density at radius 3 is 2.79 bits per heavy atom. The Hall–Kier alpha value is -2.37. The molecule has 1 atom stereocenters. The predicted octanol–water partition coefficient (Wildman–Crippen LogP) is 3.68. The van der Waals surface area contributed by atoms with Crippen molar-refractivity contribution in [3.8, 4) is 5.75 Å². The number of carbonyl (C=O) groups excluding carboxylic acids is 1. The molecule has 0 aliphatic carbocycles. The number of hydrogen-bond acceptors (Lipinski definition) is 3. The SMILES string of the molecule is CC(C)CC[C@H](C)NC(=O)c1cc(COc2cccc(F)c2)[nH]n1. The normalized spacial score (nSPS) is 12.2. The standard InChI is InChI=1S/C18H24FN3O2/c1-12(2)7-8-13(3)20-18(23)17-10-15(21-22-17)11-24-16-6-4-5-14(19)9-16/h4-6,9-10,12-13H,7-8,11H2,1-3H3,(H,20,23)(H,21,22)/t13-/m0/s1. The first-order chi connectivity index (χ1) is 11.4. The maximum Gasteiger partial charge on any atom is 0.271 e. The molecule has 2 N–H and O–H groups in total. The number of H-pyrrole nitrogens is 1. The van der Waals surface area contributed by atoms with Crippen molar-refractivity contribution in [2.75, 3.05) is 0 Å². The van der Waals surface area contributed by atoms with Crippen molar-refractivity contribution in [3.63, 3.8) is 0 Å². The molecule has 0 radical (unpaired) electrons. The number of aromatic amines is 1. The third kappa shape index (κ3) is 5.68. The highest BCUT2D eigenvalue weighted by Crippen LogP contribution is 2.14. The molecule has 1 aromatic heterocycles. The Morgan fingerprint density at radius 1 is 1.29 bits per heavy atom. The predicted molar refractivity (Wildman–Crippen MR) is 90.3 cm³/mol. The topological polar surface area (TPSA) is 67.0 Å². The lowest BCUT2D eigenvalue weighted by Gasteiger charge is -2.14. The molecule has 130 valence electrons. The van der Waals surface area contributed by atoms with Gasteiger partial charge in [0.25, 0.3) is 5.91 Å². The number of nitrogens with one attached hydrogen (secondary N) is 2. The molecular formula is C18H24FN3O2. The van der Waals surface area contributed by atoms with Crippen LogP contribution in [0.25, 0.3) is 0 Å². The van der Waals surface area contributed by atoms with Crippen molar-refractivity contribution in [1.29, 1.82) is 0 Å². The lowest BCUT2D eigenvalue weighted by Crippen LogP contribution is -2.33. The Balaban J connectivity index is 1.84. The molecular weight excluding hydrogens is 309 g/mol. The summed E-state index contributed by atoms with van der Waals surface area (Å²) in [5, 5.41) is 9.70. The highest BCUT2D eigenvalue weighted by Gasteiger charge is 2.14. The van der Waals surface area contributed by atoms with Gasteiger partial charge in [-0.1, -0.05) is 19.9 Å². The largest absolute Gasteiger partial charge is 0.487 e. The number of aromatic nitrogens is 2. The molecule has 0 bridgehead atoms. The maximum atomic E-state index is 13.1. The quantitative estimate of drug-likeness (QED) is 0.774. The van der Waals surface area contributed by atoms with Crippen LogP contribution < -0.4 is 10.1 Å². The molecule has 0 saturated carbocycles. The average Bonchev–Trinajstić information content (AvgIpc) is 3.00. The van der Waals surface area contributed by atoms with Crippen molar-refractivity contribution >= 4 is 5.91 Å². The summed E-state index contributed by atoms with van der Waals surface area (Å²) in [7, 11) is 0. The Bertz CT molecular complexity index is 670. The van der Waals surface area contributed by atoms with Gasteiger partial charge in [-0.15, -0.1) is 0 Å². The van der Waals surface area contributed by atoms with E-state index >= 15 is 0 Å². The third-order valence-corrected chi connectivity index (χ3v) is 3.61. The van der Waals surface area contributed by atoms with Gasteiger partial charge in [0.05, 0.1) is 5.69 Å². The first-order valence-electron chi connectivity index (χ1n) is 8.17. The van der Waals surface area contributed by atoms with E-state index in [1.807, 2.05) is 6.92 Å². The van der Waals surface area contributed by atoms with Gasteiger partial charge in [-0.25, -0.2) is 4.39 Å². The highest BCUT2D eigenvalue weighted by atomic mass is 19.1. The minimum Gasteiger partial charge on any atom is -0.487 e. The summed E-state index contributed by atoms with van der Waals surface area (Å²) in [6.07, 6.45) is 2.00. The zero-order valence-electron chi connectivity index (χ0n) is 14.3. The molecule has 0 aliphatic heterocycles. The lowest BCUT2D eigenvalue weighted by atomic mass is 10.0. The van der Waals surface area contributed by atoms with Gasteiger partial charge in [0.1, 0.15) is 23.9 Å². The monoisotopic (exact) mass is 333 g/mol. The smallest absolute Gasteiger partial charge is 0.271 e. The van der Waals surface area contributed by atoms with E-state index in [9.17, 15) is 9.18 Å². The number of carbonyl (C=O) groups is 1. The van der Waals surface area contributed by atoms with Gasteiger partial charge in [-0.2, -0.15) is 5.10 Å². The number of halogens is 1. The van der Waals surface area contributed by atoms with Gasteiger partial charge in [0.2, 0.25) is 0 Å². The molecule has 2 rings (SSSR count). The van der Waals surface area contributed by atoms with E-state index < -0.39 is 0 Å². The van der Waals surface area contributed by atoms with Crippen LogP contribution in [-0.2, 0) is 6.61 Å². The molecule has 0 saturated heterocycles. The molecule has 0 spiro atoms. The number of nitrogens with zero attached hydrogens (tertiary/aromatic N) is 1. The van der Waals surface area contributed by atoms with Gasteiger partial charge in [-0.3, -0.25) is 9.89 Å². The first kappa shape index (κ1) is 18.0. The Kier molecular flexibility index (Phi) is 6.35. The summed E-state index contributed by atoms with van der Waals surface area (Å²) < 4.78 is 18.6. The second kappa shape index (κ2) is 8.47. The van der Waals surface area contributed by atoms with Crippen LogP contribution >= 0.6 is 0 Å². The fourth-order valence-electron chi connectivity index (χ4n) is 2.22. The summed E-state index contributed by atoms with van der Waals surface area (Å²) in [5.74, 6) is 0.478. The Morgan fingerprint density at radius 2 is 2.08 bits per heavy atom. The molecule has 1 heterocycles. The van der Waals surface area contributed by atoms with Crippen LogP contribution in [0.5, 0.6) is 5.75 Å². The first-order valence-corrected chi connectivity index (χ1v) is 8.17. The van der Waals surface area contributed by atoms with E-state index in [0.717, 1.165) is 12.8 Å². The van der Waals surface area contributed by atoms with Crippen molar-refractivity contribution in [2.45, 2.75) is 46.3 Å². The van der Waals surface area contributed by atoms with Crippen molar-refractivity contribution < 1.29 is 13.9 Å². The molecule has 0 unspecified atom stereocenters. The maximum absolute atomic E-state index is 13.1. The Labute approximate surface area is 141 Å². The minimum atomic E-state index is -0.354. The van der Waals surface area contributed by atoms with Crippen LogP contribution in [0.4, 0.5) is 4.39 Å². The molecule has 24 heavy (non-hydrogen) atoms. The second-order valence-corrected chi connectivity index (χ2v) is 6.37. The van der Waals surface area contributed by atoms with Crippen molar-refractivity contribution in [2.24, 2.45) is 5.92 Å². The highest BCUT2D eigenvalue weighted by molar-refractivity contribution is 5.92. The summed E-state index contributed by atoms with van der Waals surface area (Å²) >= 11 is 0. The summed E-state index contributed by atoms with van der Waals surface area (Å²) in [6.45, 7) is 6.49. The molecule has 0 aliphatic rings. The van der Waals surface area contributed by atoms with Gasteiger partial charge in [0.15, 0.2) is 0 Å². The number of rotatable bonds is 8. The van der Waals surface area contributed by atoms with Gasteiger partial charge in [-0.05, 0) is 43.9 Å². The zero-order valence-corrected chi connectivity index (χ0v) is 14.3. The molecule has 1 aromatic carbocycles.